The summed E-state index contributed by atoms with van der Waals surface area (Å²) in [6.45, 7) is 2.98. The van der Waals surface area contributed by atoms with E-state index in [0.29, 0.717) is 11.6 Å². The molecule has 1 saturated heterocycles. The van der Waals surface area contributed by atoms with Crippen molar-refractivity contribution in [2.45, 2.75) is 35.4 Å². The van der Waals surface area contributed by atoms with Gasteiger partial charge in [-0.15, -0.1) is 11.3 Å². The molecule has 3 aliphatic heterocycles. The van der Waals surface area contributed by atoms with Crippen LogP contribution in [-0.4, -0.2) is 103 Å². The number of nitrogens with zero attached hydrogens (tertiary/aromatic N) is 5. The van der Waals surface area contributed by atoms with Crippen molar-refractivity contribution in [2.75, 3.05) is 47.3 Å². The lowest BCUT2D eigenvalue weighted by atomic mass is 10.1. The van der Waals surface area contributed by atoms with Gasteiger partial charge < -0.3 is 14.7 Å². The number of piperazine rings is 1. The van der Waals surface area contributed by atoms with E-state index in [1.807, 2.05) is 7.05 Å². The number of hydrogen-bond acceptors (Lipinski definition) is 8. The highest BCUT2D eigenvalue weighted by Gasteiger charge is 2.41. The third-order valence-electron chi connectivity index (χ3n) is 7.22. The summed E-state index contributed by atoms with van der Waals surface area (Å²) < 4.78 is 29.7. The molecule has 3 amide bonds. The standard InChI is InChI=1S/C24H31ClN6O4S3/c1-15-28(4)19-7-8-31(26-23(19)36-15)24(33)30-10-9-29(14-18(30)13-21(32)27(2)3)38(34,35)22-11-16-5-6-17(25)12-20(16)37-22/h5-6,11-12,15,18,26H,7-10,13-14H2,1-4H3. The lowest BCUT2D eigenvalue weighted by molar-refractivity contribution is -0.130. The van der Waals surface area contributed by atoms with Crippen molar-refractivity contribution >= 4 is 66.7 Å². The van der Waals surface area contributed by atoms with Crippen LogP contribution in [0.4, 0.5) is 4.79 Å². The van der Waals surface area contributed by atoms with Crippen LogP contribution in [0.3, 0.4) is 0 Å². The van der Waals surface area contributed by atoms with Gasteiger partial charge in [-0.3, -0.25) is 10.2 Å². The number of hydrazine groups is 1. The van der Waals surface area contributed by atoms with E-state index in [9.17, 15) is 18.0 Å². The molecule has 206 valence electrons. The van der Waals surface area contributed by atoms with E-state index in [2.05, 4.69) is 17.2 Å². The number of thioether (sulfide) groups is 1. The minimum Gasteiger partial charge on any atom is -0.364 e. The molecule has 0 saturated carbocycles. The van der Waals surface area contributed by atoms with Crippen molar-refractivity contribution in [3.05, 3.63) is 40.0 Å². The van der Waals surface area contributed by atoms with Gasteiger partial charge in [0.25, 0.3) is 10.0 Å². The summed E-state index contributed by atoms with van der Waals surface area (Å²) >= 11 is 8.94. The lowest BCUT2D eigenvalue weighted by Gasteiger charge is -2.43. The van der Waals surface area contributed by atoms with Gasteiger partial charge in [0.1, 0.15) is 9.24 Å². The predicted octanol–water partition coefficient (Wildman–Crippen LogP) is 3.23. The Morgan fingerprint density at radius 2 is 1.95 bits per heavy atom. The van der Waals surface area contributed by atoms with Crippen LogP contribution in [-0.2, 0) is 14.8 Å². The van der Waals surface area contributed by atoms with Gasteiger partial charge >= 0.3 is 6.03 Å². The van der Waals surface area contributed by atoms with E-state index < -0.39 is 16.1 Å². The Hall–Kier alpha value is -2.19. The molecule has 2 atom stereocenters. The molecule has 5 rings (SSSR count). The number of carbonyl (C=O) groups excluding carboxylic acids is 2. The van der Waals surface area contributed by atoms with Crippen LogP contribution in [0.15, 0.2) is 39.2 Å². The number of sulfonamides is 1. The quantitative estimate of drug-likeness (QED) is 0.577. The number of benzene rings is 1. The largest absolute Gasteiger partial charge is 0.364 e. The van der Waals surface area contributed by atoms with Gasteiger partial charge in [0, 0.05) is 75.6 Å². The molecule has 2 aromatic rings. The van der Waals surface area contributed by atoms with Crippen LogP contribution in [0.5, 0.6) is 0 Å². The molecule has 10 nitrogen and oxygen atoms in total. The van der Waals surface area contributed by atoms with Crippen molar-refractivity contribution in [1.29, 1.82) is 0 Å². The fraction of sp³-hybridized carbons (Fsp3) is 0.500. The molecule has 1 N–H and O–H groups in total. The minimum atomic E-state index is -3.82. The van der Waals surface area contributed by atoms with Crippen molar-refractivity contribution in [1.82, 2.24) is 29.4 Å². The second kappa shape index (κ2) is 10.4. The number of halogens is 1. The summed E-state index contributed by atoms with van der Waals surface area (Å²) in [6.07, 6.45) is 0.761. The number of fused-ring (bicyclic) bond motifs is 1. The topological polar surface area (TPSA) is 96.5 Å². The van der Waals surface area contributed by atoms with Crippen LogP contribution in [0, 0.1) is 0 Å². The Kier molecular flexibility index (Phi) is 7.50. The molecule has 38 heavy (non-hydrogen) atoms. The fourth-order valence-corrected chi connectivity index (χ4v) is 9.33. The fourth-order valence-electron chi connectivity index (χ4n) is 4.86. The highest BCUT2D eigenvalue weighted by Crippen LogP contribution is 2.39. The molecule has 1 fully saturated rings. The second-order valence-corrected chi connectivity index (χ2v) is 14.9. The monoisotopic (exact) mass is 598 g/mol. The Balaban J connectivity index is 1.37. The zero-order valence-corrected chi connectivity index (χ0v) is 24.9. The first-order valence-corrected chi connectivity index (χ1v) is 15.8. The summed E-state index contributed by atoms with van der Waals surface area (Å²) in [5.41, 5.74) is 4.45. The van der Waals surface area contributed by atoms with Gasteiger partial charge in [-0.05, 0) is 30.5 Å². The van der Waals surface area contributed by atoms with Crippen LogP contribution in [0.1, 0.15) is 19.8 Å². The molecular formula is C24H31ClN6O4S3. The molecule has 0 aliphatic carbocycles. The number of carbonyl (C=O) groups is 2. The van der Waals surface area contributed by atoms with Crippen molar-refractivity contribution < 1.29 is 18.0 Å². The second-order valence-electron chi connectivity index (χ2n) is 9.85. The highest BCUT2D eigenvalue weighted by atomic mass is 35.5. The number of thiophene rings is 1. The zero-order chi connectivity index (χ0) is 27.4. The van der Waals surface area contributed by atoms with Crippen LogP contribution >= 0.6 is 34.7 Å². The molecule has 14 heteroatoms. The van der Waals surface area contributed by atoms with E-state index in [0.717, 1.165) is 21.5 Å². The maximum atomic E-state index is 13.7. The number of nitrogens with one attached hydrogen (secondary N) is 1. The number of rotatable bonds is 4. The van der Waals surface area contributed by atoms with Gasteiger partial charge in [0.2, 0.25) is 5.91 Å². The number of urea groups is 1. The third-order valence-corrected chi connectivity index (χ3v) is 12.1. The van der Waals surface area contributed by atoms with Gasteiger partial charge in [0.15, 0.2) is 0 Å². The molecular weight excluding hydrogens is 568 g/mol. The van der Waals surface area contributed by atoms with Gasteiger partial charge in [-0.2, -0.15) is 4.31 Å². The summed E-state index contributed by atoms with van der Waals surface area (Å²) in [4.78, 5) is 31.7. The van der Waals surface area contributed by atoms with Crippen LogP contribution in [0.25, 0.3) is 10.1 Å². The molecule has 0 radical (unpaired) electrons. The Bertz CT molecular complexity index is 1410. The third kappa shape index (κ3) is 5.06. The van der Waals surface area contributed by atoms with E-state index >= 15 is 0 Å². The summed E-state index contributed by atoms with van der Waals surface area (Å²) in [5, 5.41) is 4.19. The van der Waals surface area contributed by atoms with E-state index in [1.54, 1.807) is 60.0 Å². The highest BCUT2D eigenvalue weighted by molar-refractivity contribution is 8.03. The number of amides is 3. The molecule has 3 aliphatic rings. The zero-order valence-electron chi connectivity index (χ0n) is 21.7. The normalized spacial score (nSPS) is 22.6. The Labute approximate surface area is 236 Å². The molecule has 2 unspecified atom stereocenters. The SMILES string of the molecule is CC1SC2=C(CCN(C(=O)N3CCN(S(=O)(=O)c4cc5ccc(Cl)cc5s4)CC3CC(=O)N(C)C)N2)N1C. The van der Waals surface area contributed by atoms with E-state index in [4.69, 9.17) is 11.6 Å². The average molecular weight is 599 g/mol. The molecule has 1 aromatic carbocycles. The van der Waals surface area contributed by atoms with Crippen molar-refractivity contribution in [2.24, 2.45) is 0 Å². The first-order chi connectivity index (χ1) is 18.0. The number of hydrogen-bond donors (Lipinski definition) is 1. The first kappa shape index (κ1) is 27.4. The molecule has 0 bridgehead atoms. The molecule has 0 spiro atoms. The summed E-state index contributed by atoms with van der Waals surface area (Å²) in [5.74, 6) is -0.165. The average Bonchev–Trinajstić information content (AvgIpc) is 3.43. The van der Waals surface area contributed by atoms with E-state index in [1.165, 1.54) is 26.2 Å². The minimum absolute atomic E-state index is 0.0308. The first-order valence-electron chi connectivity index (χ1n) is 12.3. The van der Waals surface area contributed by atoms with Crippen LogP contribution in [0.2, 0.25) is 5.02 Å². The van der Waals surface area contributed by atoms with Crippen molar-refractivity contribution in [3.63, 3.8) is 0 Å². The lowest BCUT2D eigenvalue weighted by Crippen LogP contribution is -2.62. The predicted molar refractivity (Wildman–Crippen MR) is 151 cm³/mol. The van der Waals surface area contributed by atoms with Gasteiger partial charge in [-0.1, -0.05) is 29.4 Å². The Morgan fingerprint density at radius 3 is 2.68 bits per heavy atom. The Morgan fingerprint density at radius 1 is 1.18 bits per heavy atom. The van der Waals surface area contributed by atoms with Crippen molar-refractivity contribution in [3.8, 4) is 0 Å². The summed E-state index contributed by atoms with van der Waals surface area (Å²) in [6, 6.07) is 6.10. The summed E-state index contributed by atoms with van der Waals surface area (Å²) in [7, 11) is 1.54. The molecule has 1 aromatic heterocycles. The maximum Gasteiger partial charge on any atom is 0.339 e. The van der Waals surface area contributed by atoms with E-state index in [-0.39, 0.29) is 47.6 Å². The smallest absolute Gasteiger partial charge is 0.339 e. The van der Waals surface area contributed by atoms with Gasteiger partial charge in [-0.25, -0.2) is 18.2 Å². The van der Waals surface area contributed by atoms with Gasteiger partial charge in [0.05, 0.1) is 11.4 Å². The molecule has 4 heterocycles. The maximum absolute atomic E-state index is 13.7. The van der Waals surface area contributed by atoms with Crippen LogP contribution < -0.4 is 5.43 Å².